The van der Waals surface area contributed by atoms with E-state index in [1.807, 2.05) is 31.2 Å². The molecule has 1 aromatic carbocycles. The Morgan fingerprint density at radius 3 is 2.75 bits per heavy atom. The highest BCUT2D eigenvalue weighted by Crippen LogP contribution is 2.29. The average molecular weight is 215 g/mol. The zero-order valence-corrected chi connectivity index (χ0v) is 9.99. The second-order valence-electron chi connectivity index (χ2n) is 4.40. The van der Waals surface area contributed by atoms with Crippen molar-refractivity contribution < 1.29 is 5.11 Å². The highest BCUT2D eigenvalue weighted by molar-refractivity contribution is 5.81. The van der Waals surface area contributed by atoms with Gasteiger partial charge in [0, 0.05) is 11.3 Å². The Kier molecular flexibility index (Phi) is 2.82. The third-order valence-electron chi connectivity index (χ3n) is 3.06. The molecule has 1 aromatic heterocycles. The van der Waals surface area contributed by atoms with Crippen molar-refractivity contribution in [2.24, 2.45) is 0 Å². The van der Waals surface area contributed by atoms with E-state index in [2.05, 4.69) is 18.8 Å². The molecular weight excluding hydrogens is 198 g/mol. The van der Waals surface area contributed by atoms with E-state index < -0.39 is 0 Å². The molecule has 0 amide bonds. The summed E-state index contributed by atoms with van der Waals surface area (Å²) in [7, 11) is 0. The Labute approximate surface area is 96.0 Å². The fourth-order valence-electron chi connectivity index (χ4n) is 1.86. The van der Waals surface area contributed by atoms with Crippen molar-refractivity contribution in [3.8, 4) is 5.75 Å². The molecule has 1 heterocycles. The minimum atomic E-state index is 0.297. The number of fused-ring (bicyclic) bond motifs is 1. The minimum absolute atomic E-state index is 0.297. The molecule has 0 fully saturated rings. The summed E-state index contributed by atoms with van der Waals surface area (Å²) in [6, 6.07) is 7.92. The van der Waals surface area contributed by atoms with Crippen molar-refractivity contribution in [3.05, 3.63) is 35.5 Å². The lowest BCUT2D eigenvalue weighted by molar-refractivity contribution is 0.458. The normalized spacial score (nSPS) is 12.9. The van der Waals surface area contributed by atoms with E-state index in [1.54, 1.807) is 0 Å². The molecule has 0 saturated carbocycles. The molecule has 84 valence electrons. The summed E-state index contributed by atoms with van der Waals surface area (Å²) in [5.41, 5.74) is 2.95. The third kappa shape index (κ3) is 1.87. The standard InChI is InChI=1S/C14H17NO/c1-4-10(3)14-13(16)8-11-7-9(2)5-6-12(11)15-14/h5-8,10,16H,4H2,1-3H3. The van der Waals surface area contributed by atoms with Crippen molar-refractivity contribution >= 4 is 10.9 Å². The summed E-state index contributed by atoms with van der Waals surface area (Å²) in [4.78, 5) is 4.54. The number of benzene rings is 1. The highest BCUT2D eigenvalue weighted by atomic mass is 16.3. The lowest BCUT2D eigenvalue weighted by Gasteiger charge is -2.11. The summed E-state index contributed by atoms with van der Waals surface area (Å²) in [5, 5.41) is 10.9. The number of rotatable bonds is 2. The van der Waals surface area contributed by atoms with Crippen LogP contribution in [-0.4, -0.2) is 10.1 Å². The molecule has 2 nitrogen and oxygen atoms in total. The van der Waals surface area contributed by atoms with Gasteiger partial charge in [-0.3, -0.25) is 0 Å². The van der Waals surface area contributed by atoms with Gasteiger partial charge in [0.05, 0.1) is 11.2 Å². The van der Waals surface area contributed by atoms with Crippen LogP contribution in [0.15, 0.2) is 24.3 Å². The van der Waals surface area contributed by atoms with Crippen LogP contribution in [-0.2, 0) is 0 Å². The Bertz CT molecular complexity index is 519. The van der Waals surface area contributed by atoms with Crippen LogP contribution in [0.3, 0.4) is 0 Å². The first-order valence-corrected chi connectivity index (χ1v) is 5.72. The van der Waals surface area contributed by atoms with Gasteiger partial charge in [0.2, 0.25) is 0 Å². The van der Waals surface area contributed by atoms with Crippen molar-refractivity contribution in [2.75, 3.05) is 0 Å². The first kappa shape index (κ1) is 10.9. The van der Waals surface area contributed by atoms with Crippen LogP contribution in [0, 0.1) is 6.92 Å². The summed E-state index contributed by atoms with van der Waals surface area (Å²) in [6.45, 7) is 6.23. The van der Waals surface area contributed by atoms with Gasteiger partial charge in [0.25, 0.3) is 0 Å². The molecule has 0 bridgehead atoms. The molecule has 2 rings (SSSR count). The van der Waals surface area contributed by atoms with Gasteiger partial charge in [-0.25, -0.2) is 4.98 Å². The highest BCUT2D eigenvalue weighted by Gasteiger charge is 2.11. The molecule has 1 N–H and O–H groups in total. The molecule has 16 heavy (non-hydrogen) atoms. The van der Waals surface area contributed by atoms with E-state index in [1.165, 1.54) is 5.56 Å². The Morgan fingerprint density at radius 1 is 1.31 bits per heavy atom. The van der Waals surface area contributed by atoms with Crippen molar-refractivity contribution in [3.63, 3.8) is 0 Å². The van der Waals surface area contributed by atoms with Crippen molar-refractivity contribution in [2.45, 2.75) is 33.1 Å². The molecule has 0 radical (unpaired) electrons. The molecule has 2 heteroatoms. The van der Waals surface area contributed by atoms with E-state index in [-0.39, 0.29) is 0 Å². The number of hydrogen-bond acceptors (Lipinski definition) is 2. The summed E-state index contributed by atoms with van der Waals surface area (Å²) >= 11 is 0. The summed E-state index contributed by atoms with van der Waals surface area (Å²) in [5.74, 6) is 0.609. The number of aromatic hydroxyl groups is 1. The minimum Gasteiger partial charge on any atom is -0.506 e. The van der Waals surface area contributed by atoms with Gasteiger partial charge >= 0.3 is 0 Å². The fraction of sp³-hybridized carbons (Fsp3) is 0.357. The van der Waals surface area contributed by atoms with Crippen LogP contribution >= 0.6 is 0 Å². The molecule has 0 aliphatic carbocycles. The van der Waals surface area contributed by atoms with E-state index in [9.17, 15) is 5.11 Å². The molecule has 1 unspecified atom stereocenters. The van der Waals surface area contributed by atoms with Gasteiger partial charge < -0.3 is 5.11 Å². The van der Waals surface area contributed by atoms with Crippen LogP contribution in [0.25, 0.3) is 10.9 Å². The number of nitrogens with zero attached hydrogens (tertiary/aromatic N) is 1. The van der Waals surface area contributed by atoms with Crippen LogP contribution in [0.1, 0.15) is 37.4 Å². The van der Waals surface area contributed by atoms with E-state index >= 15 is 0 Å². The molecule has 1 atom stereocenters. The van der Waals surface area contributed by atoms with Crippen LogP contribution < -0.4 is 0 Å². The maximum Gasteiger partial charge on any atom is 0.137 e. The van der Waals surface area contributed by atoms with E-state index in [0.29, 0.717) is 11.7 Å². The predicted octanol–water partition coefficient (Wildman–Crippen LogP) is 3.76. The Morgan fingerprint density at radius 2 is 2.06 bits per heavy atom. The first-order chi connectivity index (χ1) is 7.61. The molecular formula is C14H17NO. The van der Waals surface area contributed by atoms with Crippen LogP contribution in [0.4, 0.5) is 0 Å². The van der Waals surface area contributed by atoms with E-state index in [4.69, 9.17) is 0 Å². The quantitative estimate of drug-likeness (QED) is 0.827. The van der Waals surface area contributed by atoms with E-state index in [0.717, 1.165) is 23.0 Å². The van der Waals surface area contributed by atoms with Gasteiger partial charge in [-0.1, -0.05) is 25.5 Å². The smallest absolute Gasteiger partial charge is 0.137 e. The van der Waals surface area contributed by atoms with Crippen molar-refractivity contribution in [1.82, 2.24) is 4.98 Å². The van der Waals surface area contributed by atoms with Gasteiger partial charge in [-0.15, -0.1) is 0 Å². The monoisotopic (exact) mass is 215 g/mol. The maximum absolute atomic E-state index is 9.94. The second-order valence-corrected chi connectivity index (χ2v) is 4.40. The van der Waals surface area contributed by atoms with Crippen molar-refractivity contribution in [1.29, 1.82) is 0 Å². The molecule has 2 aromatic rings. The lowest BCUT2D eigenvalue weighted by atomic mass is 10.0. The average Bonchev–Trinajstić information content (AvgIpc) is 2.27. The van der Waals surface area contributed by atoms with Crippen LogP contribution in [0.2, 0.25) is 0 Å². The molecule has 0 aliphatic rings. The summed E-state index contributed by atoms with van der Waals surface area (Å²) in [6.07, 6.45) is 0.984. The first-order valence-electron chi connectivity index (χ1n) is 5.72. The molecule has 0 spiro atoms. The van der Waals surface area contributed by atoms with Gasteiger partial charge in [0.1, 0.15) is 5.75 Å². The topological polar surface area (TPSA) is 33.1 Å². The SMILES string of the molecule is CCC(C)c1nc2ccc(C)cc2cc1O. The lowest BCUT2D eigenvalue weighted by Crippen LogP contribution is -1.96. The van der Waals surface area contributed by atoms with Gasteiger partial charge in [0.15, 0.2) is 0 Å². The maximum atomic E-state index is 9.94. The zero-order chi connectivity index (χ0) is 11.7. The fourth-order valence-corrected chi connectivity index (χ4v) is 1.86. The Hall–Kier alpha value is -1.57. The second kappa shape index (κ2) is 4.12. The van der Waals surface area contributed by atoms with Crippen LogP contribution in [0.5, 0.6) is 5.75 Å². The number of aryl methyl sites for hydroxylation is 1. The molecule has 0 saturated heterocycles. The summed E-state index contributed by atoms with van der Waals surface area (Å²) < 4.78 is 0. The zero-order valence-electron chi connectivity index (χ0n) is 9.99. The predicted molar refractivity (Wildman–Crippen MR) is 66.9 cm³/mol. The van der Waals surface area contributed by atoms with Gasteiger partial charge in [-0.2, -0.15) is 0 Å². The number of pyridine rings is 1. The number of hydrogen-bond donors (Lipinski definition) is 1. The molecule has 0 aliphatic heterocycles. The number of aromatic nitrogens is 1. The largest absolute Gasteiger partial charge is 0.506 e. The Balaban J connectivity index is 2.62. The third-order valence-corrected chi connectivity index (χ3v) is 3.06. The van der Waals surface area contributed by atoms with Gasteiger partial charge in [-0.05, 0) is 31.5 Å².